The van der Waals surface area contributed by atoms with Crippen LogP contribution in [0.5, 0.6) is 5.75 Å². The quantitative estimate of drug-likeness (QED) is 0.831. The molecule has 6 nitrogen and oxygen atoms in total. The smallest absolute Gasteiger partial charge is 0.264 e. The molecule has 1 N–H and O–H groups in total. The molecule has 0 fully saturated rings. The van der Waals surface area contributed by atoms with Crippen LogP contribution in [0.3, 0.4) is 0 Å². The Morgan fingerprint density at radius 2 is 1.71 bits per heavy atom. The number of nitrogens with one attached hydrogen (secondary N) is 1. The number of anilines is 1. The van der Waals surface area contributed by atoms with E-state index in [4.69, 9.17) is 4.74 Å². The van der Waals surface area contributed by atoms with Crippen molar-refractivity contribution in [1.29, 1.82) is 0 Å². The first-order chi connectivity index (χ1) is 11.4. The third-order valence-electron chi connectivity index (χ3n) is 3.35. The maximum atomic E-state index is 12.5. The van der Waals surface area contributed by atoms with Crippen LogP contribution >= 0.6 is 0 Å². The Morgan fingerprint density at radius 3 is 2.29 bits per heavy atom. The molecule has 0 aliphatic carbocycles. The van der Waals surface area contributed by atoms with Gasteiger partial charge in [-0.15, -0.1) is 0 Å². The van der Waals surface area contributed by atoms with Gasteiger partial charge in [0.1, 0.15) is 5.75 Å². The van der Waals surface area contributed by atoms with Crippen molar-refractivity contribution in [3.63, 3.8) is 0 Å². The molecule has 0 atom stereocenters. The summed E-state index contributed by atoms with van der Waals surface area (Å²) >= 11 is 0. The van der Waals surface area contributed by atoms with Gasteiger partial charge >= 0.3 is 0 Å². The number of carbonyl (C=O) groups excluding carboxylic acids is 1. The monoisotopic (exact) mass is 348 g/mol. The number of rotatable bonds is 7. The van der Waals surface area contributed by atoms with E-state index in [1.165, 1.54) is 11.4 Å². The van der Waals surface area contributed by atoms with E-state index in [9.17, 15) is 13.2 Å². The predicted octanol–water partition coefficient (Wildman–Crippen LogP) is 2.03. The Bertz CT molecular complexity index is 774. The van der Waals surface area contributed by atoms with Crippen LogP contribution in [0.1, 0.15) is 6.92 Å². The largest absolute Gasteiger partial charge is 0.484 e. The van der Waals surface area contributed by atoms with Crippen molar-refractivity contribution < 1.29 is 17.9 Å². The maximum absolute atomic E-state index is 12.5. The molecule has 24 heavy (non-hydrogen) atoms. The van der Waals surface area contributed by atoms with Crippen molar-refractivity contribution in [2.75, 3.05) is 24.5 Å². The zero-order valence-corrected chi connectivity index (χ0v) is 14.4. The Hall–Kier alpha value is -2.54. The van der Waals surface area contributed by atoms with Crippen LogP contribution in [0.4, 0.5) is 5.69 Å². The Kier molecular flexibility index (Phi) is 5.81. The molecule has 0 saturated heterocycles. The molecule has 0 aliphatic rings. The lowest BCUT2D eigenvalue weighted by Gasteiger charge is -2.19. The minimum absolute atomic E-state index is 0.0780. The molecular weight excluding hydrogens is 328 g/mol. The van der Waals surface area contributed by atoms with Crippen LogP contribution < -0.4 is 14.4 Å². The van der Waals surface area contributed by atoms with Gasteiger partial charge in [-0.05, 0) is 43.3 Å². The lowest BCUT2D eigenvalue weighted by atomic mass is 10.3. The van der Waals surface area contributed by atoms with Crippen molar-refractivity contribution in [2.45, 2.75) is 11.8 Å². The topological polar surface area (TPSA) is 75.7 Å². The minimum Gasteiger partial charge on any atom is -0.484 e. The minimum atomic E-state index is -3.61. The molecule has 2 aromatic rings. The van der Waals surface area contributed by atoms with Crippen LogP contribution in [0.25, 0.3) is 0 Å². The first kappa shape index (κ1) is 17.8. The molecule has 1 amide bonds. The van der Waals surface area contributed by atoms with Gasteiger partial charge in [-0.3, -0.25) is 9.10 Å². The van der Waals surface area contributed by atoms with Crippen LogP contribution in [-0.2, 0) is 14.8 Å². The second kappa shape index (κ2) is 7.83. The van der Waals surface area contributed by atoms with Crippen LogP contribution in [0.15, 0.2) is 59.5 Å². The highest BCUT2D eigenvalue weighted by molar-refractivity contribution is 7.92. The molecule has 0 unspecified atom stereocenters. The number of nitrogens with zero attached hydrogens (tertiary/aromatic N) is 1. The van der Waals surface area contributed by atoms with Gasteiger partial charge in [0, 0.05) is 13.6 Å². The molecular formula is C17H20N2O4S. The summed E-state index contributed by atoms with van der Waals surface area (Å²) < 4.78 is 31.6. The molecule has 2 rings (SSSR count). The fourth-order valence-corrected chi connectivity index (χ4v) is 3.26. The third-order valence-corrected chi connectivity index (χ3v) is 5.15. The highest BCUT2D eigenvalue weighted by atomic mass is 32.2. The summed E-state index contributed by atoms with van der Waals surface area (Å²) in [5.41, 5.74) is 0.504. The number of amides is 1. The second-order valence-corrected chi connectivity index (χ2v) is 6.99. The van der Waals surface area contributed by atoms with E-state index < -0.39 is 10.0 Å². The first-order valence-electron chi connectivity index (χ1n) is 7.48. The van der Waals surface area contributed by atoms with Crippen molar-refractivity contribution in [1.82, 2.24) is 5.32 Å². The van der Waals surface area contributed by atoms with Crippen LogP contribution in [-0.4, -0.2) is 34.5 Å². The molecule has 128 valence electrons. The number of carbonyl (C=O) groups is 1. The lowest BCUT2D eigenvalue weighted by Crippen LogP contribution is -2.28. The Balaban J connectivity index is 2.09. The number of hydrogen-bond donors (Lipinski definition) is 1. The van der Waals surface area contributed by atoms with Crippen LogP contribution in [0.2, 0.25) is 0 Å². The van der Waals surface area contributed by atoms with E-state index in [1.807, 2.05) is 6.92 Å². The van der Waals surface area contributed by atoms with Gasteiger partial charge in [0.2, 0.25) is 0 Å². The zero-order chi connectivity index (χ0) is 17.6. The van der Waals surface area contributed by atoms with Crippen molar-refractivity contribution >= 4 is 21.6 Å². The van der Waals surface area contributed by atoms with Gasteiger partial charge in [-0.25, -0.2) is 8.42 Å². The van der Waals surface area contributed by atoms with E-state index >= 15 is 0 Å². The summed E-state index contributed by atoms with van der Waals surface area (Å²) in [7, 11) is -2.12. The van der Waals surface area contributed by atoms with E-state index in [0.717, 1.165) is 0 Å². The van der Waals surface area contributed by atoms with Crippen molar-refractivity contribution in [2.24, 2.45) is 0 Å². The number of benzene rings is 2. The summed E-state index contributed by atoms with van der Waals surface area (Å²) in [5.74, 6) is 0.292. The average Bonchev–Trinajstić information content (AvgIpc) is 2.61. The third kappa shape index (κ3) is 4.26. The predicted molar refractivity (Wildman–Crippen MR) is 92.7 cm³/mol. The first-order valence-corrected chi connectivity index (χ1v) is 8.92. The molecule has 0 bridgehead atoms. The molecule has 0 spiro atoms. The fourth-order valence-electron chi connectivity index (χ4n) is 2.04. The molecule has 0 radical (unpaired) electrons. The zero-order valence-electron chi connectivity index (χ0n) is 13.6. The van der Waals surface area contributed by atoms with Gasteiger partial charge in [0.15, 0.2) is 6.61 Å². The van der Waals surface area contributed by atoms with E-state index in [1.54, 1.807) is 54.6 Å². The van der Waals surface area contributed by atoms with E-state index in [0.29, 0.717) is 18.0 Å². The van der Waals surface area contributed by atoms with E-state index in [-0.39, 0.29) is 17.4 Å². The summed E-state index contributed by atoms with van der Waals surface area (Å²) in [6, 6.07) is 14.8. The maximum Gasteiger partial charge on any atom is 0.264 e. The van der Waals surface area contributed by atoms with Gasteiger partial charge < -0.3 is 10.1 Å². The molecule has 0 heterocycles. The Morgan fingerprint density at radius 1 is 1.08 bits per heavy atom. The van der Waals surface area contributed by atoms with Gasteiger partial charge in [-0.2, -0.15) is 0 Å². The fraction of sp³-hybridized carbons (Fsp3) is 0.235. The van der Waals surface area contributed by atoms with E-state index in [2.05, 4.69) is 5.32 Å². The molecule has 2 aromatic carbocycles. The SMILES string of the molecule is CCNC(=O)COc1ccc(N(C)S(=O)(=O)c2ccccc2)cc1. The molecule has 0 aromatic heterocycles. The van der Waals surface area contributed by atoms with Crippen LogP contribution in [0, 0.1) is 0 Å². The standard InChI is InChI=1S/C17H20N2O4S/c1-3-18-17(20)13-23-15-11-9-14(10-12-15)19(2)24(21,22)16-7-5-4-6-8-16/h4-12H,3,13H2,1-2H3,(H,18,20). The molecule has 7 heteroatoms. The average molecular weight is 348 g/mol. The number of sulfonamides is 1. The number of hydrogen-bond acceptors (Lipinski definition) is 4. The summed E-state index contributed by atoms with van der Waals surface area (Å²) in [4.78, 5) is 11.6. The Labute approximate surface area is 142 Å². The summed E-state index contributed by atoms with van der Waals surface area (Å²) in [5, 5.41) is 2.63. The van der Waals surface area contributed by atoms with Gasteiger partial charge in [-0.1, -0.05) is 18.2 Å². The van der Waals surface area contributed by atoms with Crippen molar-refractivity contribution in [3.8, 4) is 5.75 Å². The summed E-state index contributed by atoms with van der Waals surface area (Å²) in [6.45, 7) is 2.30. The van der Waals surface area contributed by atoms with Crippen molar-refractivity contribution in [3.05, 3.63) is 54.6 Å². The van der Waals surface area contributed by atoms with Gasteiger partial charge in [0.25, 0.3) is 15.9 Å². The normalized spacial score (nSPS) is 10.9. The highest BCUT2D eigenvalue weighted by Gasteiger charge is 2.20. The summed E-state index contributed by atoms with van der Waals surface area (Å²) in [6.07, 6.45) is 0. The molecule has 0 saturated carbocycles. The number of likely N-dealkylation sites (N-methyl/N-ethyl adjacent to an activating group) is 1. The molecule has 0 aliphatic heterocycles. The van der Waals surface area contributed by atoms with Gasteiger partial charge in [0.05, 0.1) is 10.6 Å². The highest BCUT2D eigenvalue weighted by Crippen LogP contribution is 2.24. The number of ether oxygens (including phenoxy) is 1. The lowest BCUT2D eigenvalue weighted by molar-refractivity contribution is -0.122. The second-order valence-electron chi connectivity index (χ2n) is 5.02.